The summed E-state index contributed by atoms with van der Waals surface area (Å²) in [7, 11) is 0. The maximum atomic E-state index is 13.1. The van der Waals surface area contributed by atoms with Crippen molar-refractivity contribution in [2.45, 2.75) is 57.2 Å². The van der Waals surface area contributed by atoms with Crippen molar-refractivity contribution in [1.82, 2.24) is 10.2 Å². The van der Waals surface area contributed by atoms with Crippen LogP contribution in [0.15, 0.2) is 24.3 Å². The van der Waals surface area contributed by atoms with Gasteiger partial charge in [0.1, 0.15) is 5.82 Å². The summed E-state index contributed by atoms with van der Waals surface area (Å²) >= 11 is 0. The van der Waals surface area contributed by atoms with E-state index in [4.69, 9.17) is 0 Å². The number of aliphatic hydroxyl groups excluding tert-OH is 1. The van der Waals surface area contributed by atoms with E-state index < -0.39 is 0 Å². The van der Waals surface area contributed by atoms with Crippen LogP contribution in [0.2, 0.25) is 0 Å². The molecule has 1 aliphatic heterocycles. The minimum Gasteiger partial charge on any atom is -0.396 e. The van der Waals surface area contributed by atoms with E-state index in [0.29, 0.717) is 18.9 Å². The smallest absolute Gasteiger partial charge is 0.237 e. The number of piperidine rings is 1. The Morgan fingerprint density at radius 2 is 2.00 bits per heavy atom. The average Bonchev–Trinajstić information content (AvgIpc) is 3.42. The maximum absolute atomic E-state index is 13.1. The molecule has 2 fully saturated rings. The molecule has 1 aliphatic carbocycles. The zero-order chi connectivity index (χ0) is 16.9. The minimum absolute atomic E-state index is 0.0853. The van der Waals surface area contributed by atoms with E-state index in [1.165, 1.54) is 12.1 Å². The Kier molecular flexibility index (Phi) is 5.85. The van der Waals surface area contributed by atoms with Crippen LogP contribution in [-0.2, 0) is 11.3 Å². The molecule has 1 heterocycles. The first-order valence-corrected chi connectivity index (χ1v) is 9.07. The van der Waals surface area contributed by atoms with Crippen molar-refractivity contribution in [3.8, 4) is 0 Å². The lowest BCUT2D eigenvalue weighted by Gasteiger charge is -2.35. The number of halogens is 1. The topological polar surface area (TPSA) is 52.6 Å². The number of nitrogens with zero attached hydrogens (tertiary/aromatic N) is 1. The third kappa shape index (κ3) is 4.54. The molecule has 2 N–H and O–H groups in total. The van der Waals surface area contributed by atoms with Crippen LogP contribution in [-0.4, -0.2) is 41.1 Å². The number of rotatable bonds is 7. The predicted molar refractivity (Wildman–Crippen MR) is 90.8 cm³/mol. The van der Waals surface area contributed by atoms with Crippen molar-refractivity contribution >= 4 is 5.91 Å². The molecule has 1 saturated heterocycles. The van der Waals surface area contributed by atoms with Crippen LogP contribution < -0.4 is 5.32 Å². The Bertz CT molecular complexity index is 545. The first-order valence-electron chi connectivity index (χ1n) is 9.07. The van der Waals surface area contributed by atoms with E-state index >= 15 is 0 Å². The van der Waals surface area contributed by atoms with Gasteiger partial charge in [-0.1, -0.05) is 18.6 Å². The maximum Gasteiger partial charge on any atom is 0.237 e. The number of amides is 1. The monoisotopic (exact) mass is 334 g/mol. The van der Waals surface area contributed by atoms with E-state index in [-0.39, 0.29) is 30.4 Å². The van der Waals surface area contributed by atoms with Gasteiger partial charge in [0, 0.05) is 19.2 Å². The first kappa shape index (κ1) is 17.4. The number of aliphatic hydroxyl groups is 1. The Morgan fingerprint density at radius 1 is 1.25 bits per heavy atom. The van der Waals surface area contributed by atoms with Gasteiger partial charge in [-0.3, -0.25) is 9.69 Å². The summed E-state index contributed by atoms with van der Waals surface area (Å²) < 4.78 is 13.1. The molecule has 2 aliphatic rings. The molecule has 2 atom stereocenters. The highest BCUT2D eigenvalue weighted by molar-refractivity contribution is 5.82. The summed E-state index contributed by atoms with van der Waals surface area (Å²) in [6.45, 7) is 1.68. The molecular weight excluding hydrogens is 307 g/mol. The van der Waals surface area contributed by atoms with E-state index in [0.717, 1.165) is 44.2 Å². The van der Waals surface area contributed by atoms with Gasteiger partial charge >= 0.3 is 0 Å². The van der Waals surface area contributed by atoms with Crippen LogP contribution in [0.4, 0.5) is 4.39 Å². The van der Waals surface area contributed by atoms with Crippen LogP contribution in [0, 0.1) is 11.7 Å². The second-order valence-electron chi connectivity index (χ2n) is 7.07. The molecule has 24 heavy (non-hydrogen) atoms. The van der Waals surface area contributed by atoms with Crippen molar-refractivity contribution in [1.29, 1.82) is 0 Å². The number of hydrogen-bond donors (Lipinski definition) is 2. The highest BCUT2D eigenvalue weighted by atomic mass is 19.1. The van der Waals surface area contributed by atoms with Gasteiger partial charge in [-0.05, 0) is 62.3 Å². The Balaban J connectivity index is 1.62. The van der Waals surface area contributed by atoms with Crippen LogP contribution in [0.3, 0.4) is 0 Å². The standard InChI is InChI=1S/C19H27FN2O2/c20-16-8-4-14(5-9-16)13-22-11-2-1-3-18(22)19(24)21-17(10-12-23)15-6-7-15/h4-5,8-9,15,17-18,23H,1-3,6-7,10-13H2,(H,21,24). The SMILES string of the molecule is O=C(NC(CCO)C1CC1)C1CCCCN1Cc1ccc(F)cc1. The lowest BCUT2D eigenvalue weighted by molar-refractivity contribution is -0.128. The van der Waals surface area contributed by atoms with E-state index in [2.05, 4.69) is 10.2 Å². The van der Waals surface area contributed by atoms with Crippen molar-refractivity contribution in [3.63, 3.8) is 0 Å². The number of carbonyl (C=O) groups is 1. The highest BCUT2D eigenvalue weighted by Gasteiger charge is 2.35. The quantitative estimate of drug-likeness (QED) is 0.805. The molecule has 132 valence electrons. The van der Waals surface area contributed by atoms with E-state index in [1.807, 2.05) is 0 Å². The van der Waals surface area contributed by atoms with Gasteiger partial charge < -0.3 is 10.4 Å². The summed E-state index contributed by atoms with van der Waals surface area (Å²) in [5.41, 5.74) is 1.03. The van der Waals surface area contributed by atoms with Crippen molar-refractivity contribution < 1.29 is 14.3 Å². The van der Waals surface area contributed by atoms with Gasteiger partial charge in [0.15, 0.2) is 0 Å². The molecule has 1 amide bonds. The molecular formula is C19H27FN2O2. The average molecular weight is 334 g/mol. The van der Waals surface area contributed by atoms with Gasteiger partial charge in [0.2, 0.25) is 5.91 Å². The highest BCUT2D eigenvalue weighted by Crippen LogP contribution is 2.34. The molecule has 0 spiro atoms. The fraction of sp³-hybridized carbons (Fsp3) is 0.632. The molecule has 5 heteroatoms. The fourth-order valence-corrected chi connectivity index (χ4v) is 3.64. The van der Waals surface area contributed by atoms with Gasteiger partial charge in [-0.25, -0.2) is 4.39 Å². The normalized spacial score (nSPS) is 23.0. The molecule has 2 unspecified atom stereocenters. The molecule has 3 rings (SSSR count). The lowest BCUT2D eigenvalue weighted by atomic mass is 9.99. The lowest BCUT2D eigenvalue weighted by Crippen LogP contribution is -2.52. The molecule has 1 aromatic rings. The molecule has 0 bridgehead atoms. The Morgan fingerprint density at radius 3 is 2.67 bits per heavy atom. The minimum atomic E-state index is -0.233. The molecule has 1 aromatic carbocycles. The van der Waals surface area contributed by atoms with Crippen LogP contribution in [0.5, 0.6) is 0 Å². The number of nitrogens with one attached hydrogen (secondary N) is 1. The van der Waals surface area contributed by atoms with Crippen LogP contribution in [0.1, 0.15) is 44.1 Å². The third-order valence-corrected chi connectivity index (χ3v) is 5.17. The van der Waals surface area contributed by atoms with Crippen molar-refractivity contribution in [2.75, 3.05) is 13.2 Å². The van der Waals surface area contributed by atoms with Crippen LogP contribution >= 0.6 is 0 Å². The van der Waals surface area contributed by atoms with Crippen molar-refractivity contribution in [3.05, 3.63) is 35.6 Å². The van der Waals surface area contributed by atoms with Gasteiger partial charge in [0.05, 0.1) is 6.04 Å². The van der Waals surface area contributed by atoms with Gasteiger partial charge in [-0.15, -0.1) is 0 Å². The second kappa shape index (κ2) is 8.08. The number of benzene rings is 1. The first-order chi connectivity index (χ1) is 11.7. The molecule has 4 nitrogen and oxygen atoms in total. The molecule has 0 radical (unpaired) electrons. The fourth-order valence-electron chi connectivity index (χ4n) is 3.64. The second-order valence-corrected chi connectivity index (χ2v) is 7.07. The summed E-state index contributed by atoms with van der Waals surface area (Å²) in [6.07, 6.45) is 5.95. The number of likely N-dealkylation sites (tertiary alicyclic amines) is 1. The Hall–Kier alpha value is -1.46. The molecule has 1 saturated carbocycles. The van der Waals surface area contributed by atoms with E-state index in [1.54, 1.807) is 12.1 Å². The Labute approximate surface area is 143 Å². The van der Waals surface area contributed by atoms with Crippen LogP contribution in [0.25, 0.3) is 0 Å². The number of carbonyl (C=O) groups excluding carboxylic acids is 1. The van der Waals surface area contributed by atoms with Gasteiger partial charge in [-0.2, -0.15) is 0 Å². The van der Waals surface area contributed by atoms with Gasteiger partial charge in [0.25, 0.3) is 0 Å². The summed E-state index contributed by atoms with van der Waals surface area (Å²) in [5.74, 6) is 0.389. The van der Waals surface area contributed by atoms with E-state index in [9.17, 15) is 14.3 Å². The summed E-state index contributed by atoms with van der Waals surface area (Å²) in [5, 5.41) is 12.4. The summed E-state index contributed by atoms with van der Waals surface area (Å²) in [4.78, 5) is 15.0. The third-order valence-electron chi connectivity index (χ3n) is 5.17. The summed E-state index contributed by atoms with van der Waals surface area (Å²) in [6, 6.07) is 6.51. The molecule has 0 aromatic heterocycles. The zero-order valence-corrected chi connectivity index (χ0v) is 14.1. The number of hydrogen-bond acceptors (Lipinski definition) is 3. The van der Waals surface area contributed by atoms with Crippen molar-refractivity contribution in [2.24, 2.45) is 5.92 Å². The largest absolute Gasteiger partial charge is 0.396 e. The predicted octanol–water partition coefficient (Wildman–Crippen LogP) is 2.46. The zero-order valence-electron chi connectivity index (χ0n) is 14.1.